The fourth-order valence-electron chi connectivity index (χ4n) is 3.56. The zero-order valence-electron chi connectivity index (χ0n) is 19.4. The van der Waals surface area contributed by atoms with Crippen LogP contribution in [-0.4, -0.2) is 0 Å². The molecule has 3 aromatic carbocycles. The van der Waals surface area contributed by atoms with Gasteiger partial charge in [-0.2, -0.15) is 6.08 Å². The number of aryl methyl sites for hydroxylation is 6. The molecular formula is C28H26Y3-2. The van der Waals surface area contributed by atoms with Crippen LogP contribution >= 0.6 is 0 Å². The minimum atomic E-state index is 0. The van der Waals surface area contributed by atoms with Crippen LogP contribution in [0.4, 0.5) is 0 Å². The van der Waals surface area contributed by atoms with Gasteiger partial charge in [-0.05, 0) is 74.6 Å². The minimum absolute atomic E-state index is 0. The van der Waals surface area contributed by atoms with Crippen molar-refractivity contribution in [1.29, 1.82) is 0 Å². The Morgan fingerprint density at radius 1 is 0.645 bits per heavy atom. The first-order valence-electron chi connectivity index (χ1n) is 9.62. The van der Waals surface area contributed by atoms with E-state index in [4.69, 9.17) is 0 Å². The van der Waals surface area contributed by atoms with Crippen molar-refractivity contribution in [2.24, 2.45) is 0 Å². The summed E-state index contributed by atoms with van der Waals surface area (Å²) in [6, 6.07) is 19.1. The molecule has 0 bridgehead atoms. The van der Waals surface area contributed by atoms with Crippen LogP contribution in [0.1, 0.15) is 55.6 Å². The minimum Gasteiger partial charge on any atom is -0.355 e. The normalized spacial score (nSPS) is 9.74. The molecule has 3 radical (unpaired) electrons. The molecule has 0 atom stereocenters. The molecule has 0 saturated heterocycles. The predicted octanol–water partition coefficient (Wildman–Crippen LogP) is 6.70. The Balaban J connectivity index is 0.00000300. The maximum atomic E-state index is 3.39. The van der Waals surface area contributed by atoms with Crippen molar-refractivity contribution < 1.29 is 98.1 Å². The zero-order valence-corrected chi connectivity index (χ0v) is 27.9. The van der Waals surface area contributed by atoms with Crippen molar-refractivity contribution in [1.82, 2.24) is 0 Å². The summed E-state index contributed by atoms with van der Waals surface area (Å²) in [7, 11) is 0. The number of hydrogen-bond donors (Lipinski definition) is 0. The van der Waals surface area contributed by atoms with Crippen molar-refractivity contribution >= 4 is 12.2 Å². The predicted molar refractivity (Wildman–Crippen MR) is 120 cm³/mol. The number of hydrogen-bond acceptors (Lipinski definition) is 0. The fraction of sp³-hybridized carbons (Fsp3) is 0.214. The maximum absolute atomic E-state index is 3.39. The van der Waals surface area contributed by atoms with Crippen LogP contribution in [-0.2, 0) is 98.1 Å². The molecule has 0 aliphatic rings. The van der Waals surface area contributed by atoms with E-state index in [1.807, 2.05) is 19.1 Å². The van der Waals surface area contributed by atoms with Gasteiger partial charge in [0.25, 0.3) is 0 Å². The van der Waals surface area contributed by atoms with Crippen LogP contribution in [0.15, 0.2) is 36.4 Å². The molecule has 0 heterocycles. The van der Waals surface area contributed by atoms with Gasteiger partial charge >= 0.3 is 0 Å². The summed E-state index contributed by atoms with van der Waals surface area (Å²) in [5, 5.41) is 0. The number of benzene rings is 3. The Hall–Kier alpha value is 0.272. The maximum Gasteiger partial charge on any atom is 0.0307 e. The van der Waals surface area contributed by atoms with Gasteiger partial charge in [-0.3, -0.25) is 23.3 Å². The van der Waals surface area contributed by atoms with Crippen LogP contribution in [0, 0.1) is 65.5 Å². The largest absolute Gasteiger partial charge is 0.355 e. The SMILES string of the molecule is Cc1[c-]cc(C=Cc2c(C)cc(C#Cc3c(C)cc(C)cc3C)cc2C)c[c-]1.[Y].[Y].[Y]. The van der Waals surface area contributed by atoms with Gasteiger partial charge in [0, 0.05) is 109 Å². The second kappa shape index (κ2) is 14.5. The third-order valence-corrected chi connectivity index (χ3v) is 4.96. The molecule has 0 unspecified atom stereocenters. The third kappa shape index (κ3) is 8.86. The van der Waals surface area contributed by atoms with Gasteiger partial charge in [0.15, 0.2) is 0 Å². The van der Waals surface area contributed by atoms with E-state index in [-0.39, 0.29) is 98.1 Å². The quantitative estimate of drug-likeness (QED) is 0.168. The van der Waals surface area contributed by atoms with Crippen LogP contribution in [0.2, 0.25) is 0 Å². The average molecular weight is 629 g/mol. The Kier molecular flexibility index (Phi) is 14.6. The van der Waals surface area contributed by atoms with Crippen LogP contribution in [0.25, 0.3) is 12.2 Å². The monoisotopic (exact) mass is 629 g/mol. The van der Waals surface area contributed by atoms with E-state index < -0.39 is 0 Å². The van der Waals surface area contributed by atoms with Crippen LogP contribution in [0.5, 0.6) is 0 Å². The molecule has 0 amide bonds. The van der Waals surface area contributed by atoms with Crippen molar-refractivity contribution in [3.63, 3.8) is 0 Å². The van der Waals surface area contributed by atoms with E-state index in [0.29, 0.717) is 0 Å². The summed E-state index contributed by atoms with van der Waals surface area (Å²) >= 11 is 0. The van der Waals surface area contributed by atoms with Crippen molar-refractivity contribution in [2.45, 2.75) is 41.5 Å². The molecule has 3 aromatic rings. The Labute approximate surface area is 264 Å². The average Bonchev–Trinajstić information content (AvgIpc) is 2.61. The second-order valence-electron chi connectivity index (χ2n) is 7.58. The van der Waals surface area contributed by atoms with E-state index >= 15 is 0 Å². The zero-order chi connectivity index (χ0) is 20.3. The first-order chi connectivity index (χ1) is 13.3. The summed E-state index contributed by atoms with van der Waals surface area (Å²) in [6.07, 6.45) is 4.29. The Morgan fingerprint density at radius 3 is 1.68 bits per heavy atom. The smallest absolute Gasteiger partial charge is 0.0307 e. The topological polar surface area (TPSA) is 0 Å². The van der Waals surface area contributed by atoms with Gasteiger partial charge in [0.05, 0.1) is 0 Å². The molecule has 0 aliphatic heterocycles. The van der Waals surface area contributed by atoms with Crippen LogP contribution in [0.3, 0.4) is 0 Å². The Morgan fingerprint density at radius 2 is 1.16 bits per heavy atom. The van der Waals surface area contributed by atoms with Gasteiger partial charge in [-0.15, -0.1) is 0 Å². The van der Waals surface area contributed by atoms with Crippen LogP contribution < -0.4 is 0 Å². The molecule has 3 rings (SSSR count). The van der Waals surface area contributed by atoms with E-state index in [1.165, 1.54) is 33.4 Å². The summed E-state index contributed by atoms with van der Waals surface area (Å²) in [6.45, 7) is 12.7. The fourth-order valence-corrected chi connectivity index (χ4v) is 3.56. The summed E-state index contributed by atoms with van der Waals surface area (Å²) < 4.78 is 0. The summed E-state index contributed by atoms with van der Waals surface area (Å²) in [4.78, 5) is 0. The molecule has 0 aromatic heterocycles. The standard InChI is InChI=1S/C28H26.3Y/c1-19-7-9-25(10-8-19)11-13-28-23(5)17-26(18-24(28)6)12-14-27-21(3)15-20(2)16-22(27)4;;;/h9-11,13,15-18H,1-6H3;;;/q-2;;;. The molecule has 0 aliphatic carbocycles. The molecule has 31 heavy (non-hydrogen) atoms. The van der Waals surface area contributed by atoms with Crippen molar-refractivity contribution in [3.8, 4) is 11.8 Å². The first kappa shape index (κ1) is 31.3. The molecule has 0 N–H and O–H groups in total. The van der Waals surface area contributed by atoms with Crippen molar-refractivity contribution in [2.75, 3.05) is 0 Å². The molecular weight excluding hydrogens is 603 g/mol. The number of rotatable bonds is 2. The summed E-state index contributed by atoms with van der Waals surface area (Å²) in [5.74, 6) is 6.75. The Bertz CT molecular complexity index is 1070. The van der Waals surface area contributed by atoms with E-state index in [9.17, 15) is 0 Å². The van der Waals surface area contributed by atoms with E-state index in [2.05, 4.69) is 95.0 Å². The van der Waals surface area contributed by atoms with Gasteiger partial charge in [-0.1, -0.05) is 42.5 Å². The second-order valence-corrected chi connectivity index (χ2v) is 7.58. The molecule has 3 heteroatoms. The molecule has 0 fully saturated rings. The summed E-state index contributed by atoms with van der Waals surface area (Å²) in [5.41, 5.74) is 11.8. The van der Waals surface area contributed by atoms with Gasteiger partial charge < -0.3 is 12.1 Å². The van der Waals surface area contributed by atoms with Gasteiger partial charge in [0.2, 0.25) is 0 Å². The first-order valence-corrected chi connectivity index (χ1v) is 9.62. The van der Waals surface area contributed by atoms with Gasteiger partial charge in [0.1, 0.15) is 0 Å². The molecule has 0 nitrogen and oxygen atoms in total. The van der Waals surface area contributed by atoms with E-state index in [0.717, 1.165) is 22.3 Å². The molecule has 149 valence electrons. The van der Waals surface area contributed by atoms with E-state index in [1.54, 1.807) is 0 Å². The third-order valence-electron chi connectivity index (χ3n) is 4.96. The molecule has 0 spiro atoms. The van der Waals surface area contributed by atoms with Gasteiger partial charge in [-0.25, -0.2) is 0 Å². The molecule has 0 saturated carbocycles. The van der Waals surface area contributed by atoms with Crippen molar-refractivity contribution in [3.05, 3.63) is 104 Å².